The van der Waals surface area contributed by atoms with Crippen molar-refractivity contribution in [2.24, 2.45) is 0 Å². The first-order valence-corrected chi connectivity index (χ1v) is 6.90. The van der Waals surface area contributed by atoms with E-state index in [2.05, 4.69) is 18.7 Å². The third-order valence-corrected chi connectivity index (χ3v) is 3.49. The van der Waals surface area contributed by atoms with Crippen LogP contribution in [0.2, 0.25) is 0 Å². The van der Waals surface area contributed by atoms with E-state index in [9.17, 15) is 10.0 Å². The maximum Gasteiger partial charge on any atom is 0.488 e. The fourth-order valence-electron chi connectivity index (χ4n) is 2.74. The van der Waals surface area contributed by atoms with Gasteiger partial charge in [-0.05, 0) is 25.4 Å². The van der Waals surface area contributed by atoms with E-state index in [1.54, 1.807) is 25.3 Å². The van der Waals surface area contributed by atoms with Gasteiger partial charge >= 0.3 is 7.12 Å². The minimum Gasteiger partial charge on any atom is -0.496 e. The molecule has 0 unspecified atom stereocenters. The highest BCUT2D eigenvalue weighted by Crippen LogP contribution is 2.21. The third-order valence-electron chi connectivity index (χ3n) is 3.49. The SMILES string of the molecule is COc1ccc(B(O)O)cc1CN1C[C@@H](C)O[C@@H](C)C1. The van der Waals surface area contributed by atoms with Gasteiger partial charge in [-0.3, -0.25) is 4.90 Å². The Hall–Kier alpha value is -1.08. The zero-order valence-corrected chi connectivity index (χ0v) is 12.2. The molecule has 1 aromatic rings. The van der Waals surface area contributed by atoms with Crippen LogP contribution in [-0.4, -0.2) is 54.5 Å². The molecule has 0 saturated carbocycles. The summed E-state index contributed by atoms with van der Waals surface area (Å²) in [6.07, 6.45) is 0.410. The molecular formula is C14H22BNO4. The summed E-state index contributed by atoms with van der Waals surface area (Å²) >= 11 is 0. The average Bonchev–Trinajstić information content (AvgIpc) is 2.37. The normalized spacial score (nSPS) is 23.6. The van der Waals surface area contributed by atoms with Gasteiger partial charge in [0.1, 0.15) is 5.75 Å². The van der Waals surface area contributed by atoms with Crippen LogP contribution in [-0.2, 0) is 11.3 Å². The molecule has 1 aliphatic heterocycles. The Morgan fingerprint density at radius 3 is 2.50 bits per heavy atom. The minimum absolute atomic E-state index is 0.205. The first kappa shape index (κ1) is 15.3. The molecular weight excluding hydrogens is 257 g/mol. The maximum absolute atomic E-state index is 9.28. The molecule has 1 heterocycles. The maximum atomic E-state index is 9.28. The summed E-state index contributed by atoms with van der Waals surface area (Å²) in [6, 6.07) is 5.23. The zero-order valence-electron chi connectivity index (χ0n) is 12.2. The molecule has 2 rings (SSSR count). The number of hydrogen-bond acceptors (Lipinski definition) is 5. The first-order chi connectivity index (χ1) is 9.49. The largest absolute Gasteiger partial charge is 0.496 e. The van der Waals surface area contributed by atoms with Crippen molar-refractivity contribution in [2.75, 3.05) is 20.2 Å². The average molecular weight is 279 g/mol. The lowest BCUT2D eigenvalue weighted by Gasteiger charge is -2.35. The second-order valence-electron chi connectivity index (χ2n) is 5.40. The molecule has 0 radical (unpaired) electrons. The van der Waals surface area contributed by atoms with E-state index in [1.165, 1.54) is 0 Å². The van der Waals surface area contributed by atoms with E-state index < -0.39 is 7.12 Å². The number of nitrogens with zero attached hydrogens (tertiary/aromatic N) is 1. The third kappa shape index (κ3) is 3.73. The van der Waals surface area contributed by atoms with Crippen molar-refractivity contribution >= 4 is 12.6 Å². The van der Waals surface area contributed by atoms with E-state index >= 15 is 0 Å². The molecule has 1 saturated heterocycles. The van der Waals surface area contributed by atoms with E-state index in [1.807, 2.05) is 0 Å². The van der Waals surface area contributed by atoms with Gasteiger partial charge in [-0.2, -0.15) is 0 Å². The Labute approximate surface area is 120 Å². The lowest BCUT2D eigenvalue weighted by Crippen LogP contribution is -2.45. The molecule has 20 heavy (non-hydrogen) atoms. The van der Waals surface area contributed by atoms with Gasteiger partial charge in [-0.15, -0.1) is 0 Å². The lowest BCUT2D eigenvalue weighted by molar-refractivity contribution is -0.0706. The fraction of sp³-hybridized carbons (Fsp3) is 0.571. The van der Waals surface area contributed by atoms with Crippen LogP contribution in [0, 0.1) is 0 Å². The smallest absolute Gasteiger partial charge is 0.488 e. The van der Waals surface area contributed by atoms with Crippen LogP contribution in [0.3, 0.4) is 0 Å². The monoisotopic (exact) mass is 279 g/mol. The number of methoxy groups -OCH3 is 1. The highest BCUT2D eigenvalue weighted by atomic mass is 16.5. The molecule has 1 aliphatic rings. The summed E-state index contributed by atoms with van der Waals surface area (Å²) in [5.74, 6) is 0.765. The predicted octanol–water partition coefficient (Wildman–Crippen LogP) is -0.0158. The van der Waals surface area contributed by atoms with Crippen molar-refractivity contribution in [2.45, 2.75) is 32.6 Å². The Morgan fingerprint density at radius 1 is 1.30 bits per heavy atom. The second kappa shape index (κ2) is 6.58. The molecule has 6 heteroatoms. The molecule has 5 nitrogen and oxygen atoms in total. The highest BCUT2D eigenvalue weighted by Gasteiger charge is 2.23. The van der Waals surface area contributed by atoms with Gasteiger partial charge in [0.2, 0.25) is 0 Å². The van der Waals surface area contributed by atoms with Gasteiger partial charge in [0.05, 0.1) is 19.3 Å². The molecule has 1 aromatic carbocycles. The van der Waals surface area contributed by atoms with Gasteiger partial charge in [0, 0.05) is 25.2 Å². The topological polar surface area (TPSA) is 62.2 Å². The Kier molecular flexibility index (Phi) is 5.04. The summed E-state index contributed by atoms with van der Waals surface area (Å²) in [5, 5.41) is 18.6. The number of morpholine rings is 1. The highest BCUT2D eigenvalue weighted by molar-refractivity contribution is 6.58. The molecule has 0 spiro atoms. The van der Waals surface area contributed by atoms with Crippen molar-refractivity contribution < 1.29 is 19.5 Å². The van der Waals surface area contributed by atoms with Crippen molar-refractivity contribution in [1.82, 2.24) is 4.90 Å². The molecule has 2 N–H and O–H groups in total. The van der Waals surface area contributed by atoms with Gasteiger partial charge < -0.3 is 19.5 Å². The van der Waals surface area contributed by atoms with Crippen molar-refractivity contribution in [1.29, 1.82) is 0 Å². The summed E-state index contributed by atoms with van der Waals surface area (Å²) in [7, 11) is 0.167. The number of rotatable bonds is 4. The van der Waals surface area contributed by atoms with E-state index in [0.29, 0.717) is 12.0 Å². The predicted molar refractivity (Wildman–Crippen MR) is 78.1 cm³/mol. The molecule has 110 valence electrons. The van der Waals surface area contributed by atoms with Crippen molar-refractivity contribution in [3.63, 3.8) is 0 Å². The quantitative estimate of drug-likeness (QED) is 0.759. The van der Waals surface area contributed by atoms with Gasteiger partial charge in [-0.25, -0.2) is 0 Å². The first-order valence-electron chi connectivity index (χ1n) is 6.90. The summed E-state index contributed by atoms with van der Waals surface area (Å²) in [4.78, 5) is 2.30. The second-order valence-corrected chi connectivity index (χ2v) is 5.40. The summed E-state index contributed by atoms with van der Waals surface area (Å²) < 4.78 is 11.1. The minimum atomic E-state index is -1.46. The Balaban J connectivity index is 2.16. The molecule has 0 aliphatic carbocycles. The molecule has 0 bridgehead atoms. The molecule has 2 atom stereocenters. The van der Waals surface area contributed by atoms with Crippen LogP contribution < -0.4 is 10.2 Å². The van der Waals surface area contributed by atoms with Crippen LogP contribution >= 0.6 is 0 Å². The fourth-order valence-corrected chi connectivity index (χ4v) is 2.74. The van der Waals surface area contributed by atoms with Crippen LogP contribution in [0.4, 0.5) is 0 Å². The van der Waals surface area contributed by atoms with Crippen LogP contribution in [0.25, 0.3) is 0 Å². The standard InChI is InChI=1S/C14H22BNO4/c1-10-7-16(8-11(2)20-10)9-12-6-13(15(17)18)4-5-14(12)19-3/h4-6,10-11,17-18H,7-9H2,1-3H3/t10-,11+. The van der Waals surface area contributed by atoms with Crippen LogP contribution in [0.5, 0.6) is 5.75 Å². The number of hydrogen-bond donors (Lipinski definition) is 2. The van der Waals surface area contributed by atoms with E-state index in [-0.39, 0.29) is 12.2 Å². The zero-order chi connectivity index (χ0) is 14.7. The van der Waals surface area contributed by atoms with Gasteiger partial charge in [-0.1, -0.05) is 12.1 Å². The lowest BCUT2D eigenvalue weighted by atomic mass is 9.79. The van der Waals surface area contributed by atoms with E-state index in [4.69, 9.17) is 9.47 Å². The van der Waals surface area contributed by atoms with Crippen LogP contribution in [0.15, 0.2) is 18.2 Å². The van der Waals surface area contributed by atoms with Crippen molar-refractivity contribution in [3.8, 4) is 5.75 Å². The van der Waals surface area contributed by atoms with Crippen LogP contribution in [0.1, 0.15) is 19.4 Å². The van der Waals surface area contributed by atoms with E-state index in [0.717, 1.165) is 24.4 Å². The molecule has 1 fully saturated rings. The summed E-state index contributed by atoms with van der Waals surface area (Å²) in [5.41, 5.74) is 1.44. The van der Waals surface area contributed by atoms with Crippen molar-refractivity contribution in [3.05, 3.63) is 23.8 Å². The number of benzene rings is 1. The molecule has 0 amide bonds. The Bertz CT molecular complexity index is 445. The van der Waals surface area contributed by atoms with Gasteiger partial charge in [0.25, 0.3) is 0 Å². The Morgan fingerprint density at radius 2 is 1.95 bits per heavy atom. The molecule has 0 aromatic heterocycles. The summed E-state index contributed by atoms with van der Waals surface area (Å²) in [6.45, 7) is 6.56. The number of ether oxygens (including phenoxy) is 2. The van der Waals surface area contributed by atoms with Gasteiger partial charge in [0.15, 0.2) is 0 Å².